The number of hydrogen-bond donors (Lipinski definition) is 2. The Balaban J connectivity index is 1.72. The Kier molecular flexibility index (Phi) is 5.03. The molecule has 7 heteroatoms. The fourth-order valence-corrected chi connectivity index (χ4v) is 3.90. The summed E-state index contributed by atoms with van der Waals surface area (Å²) >= 11 is 0. The van der Waals surface area contributed by atoms with E-state index in [1.165, 1.54) is 0 Å². The second-order valence-corrected chi connectivity index (χ2v) is 7.35. The average molecular weight is 367 g/mol. The van der Waals surface area contributed by atoms with E-state index in [-0.39, 0.29) is 18.1 Å². The molecule has 7 nitrogen and oxygen atoms in total. The highest BCUT2D eigenvalue weighted by molar-refractivity contribution is 5.74. The van der Waals surface area contributed by atoms with Gasteiger partial charge in [0.1, 0.15) is 5.82 Å². The van der Waals surface area contributed by atoms with Crippen molar-refractivity contribution in [3.63, 3.8) is 0 Å². The fraction of sp³-hybridized carbons (Fsp3) is 0.500. The number of pyridine rings is 1. The zero-order valence-corrected chi connectivity index (χ0v) is 15.6. The van der Waals surface area contributed by atoms with Gasteiger partial charge in [-0.3, -0.25) is 9.78 Å². The molecular formula is C20H25N5O2. The van der Waals surface area contributed by atoms with Crippen molar-refractivity contribution in [2.24, 2.45) is 0 Å². The summed E-state index contributed by atoms with van der Waals surface area (Å²) in [5, 5.41) is 13.9. The van der Waals surface area contributed by atoms with Crippen molar-refractivity contribution in [1.29, 1.82) is 0 Å². The van der Waals surface area contributed by atoms with Crippen LogP contribution >= 0.6 is 0 Å². The first-order valence-corrected chi connectivity index (χ1v) is 9.62. The number of aromatic nitrogens is 3. The molecule has 0 aromatic carbocycles. The van der Waals surface area contributed by atoms with Gasteiger partial charge in [-0.1, -0.05) is 12.8 Å². The SMILES string of the molecule is CC(=O)N1CCc2c(nc(-c3ccncc3)nc2N[C@H]2CCCC[C@@H]2O)C1. The molecule has 3 heterocycles. The number of anilines is 1. The number of amides is 1. The molecule has 1 fully saturated rings. The number of nitrogens with one attached hydrogen (secondary N) is 1. The van der Waals surface area contributed by atoms with E-state index < -0.39 is 0 Å². The van der Waals surface area contributed by atoms with Crippen molar-refractivity contribution >= 4 is 11.7 Å². The largest absolute Gasteiger partial charge is 0.391 e. The van der Waals surface area contributed by atoms with Gasteiger partial charge in [0.05, 0.1) is 24.4 Å². The van der Waals surface area contributed by atoms with Crippen molar-refractivity contribution < 1.29 is 9.90 Å². The third-order valence-electron chi connectivity index (χ3n) is 5.50. The second kappa shape index (κ2) is 7.60. The van der Waals surface area contributed by atoms with Gasteiger partial charge in [-0.25, -0.2) is 9.97 Å². The van der Waals surface area contributed by atoms with Crippen molar-refractivity contribution in [1.82, 2.24) is 19.9 Å². The van der Waals surface area contributed by atoms with Gasteiger partial charge in [0, 0.05) is 37.0 Å². The van der Waals surface area contributed by atoms with Crippen LogP contribution in [-0.4, -0.2) is 49.6 Å². The van der Waals surface area contributed by atoms with Crippen LogP contribution in [0.3, 0.4) is 0 Å². The van der Waals surface area contributed by atoms with Crippen LogP contribution in [0, 0.1) is 0 Å². The minimum atomic E-state index is -0.356. The van der Waals surface area contributed by atoms with Crippen LogP contribution in [0.2, 0.25) is 0 Å². The van der Waals surface area contributed by atoms with Crippen LogP contribution < -0.4 is 5.32 Å². The zero-order valence-electron chi connectivity index (χ0n) is 15.6. The van der Waals surface area contributed by atoms with Crippen LogP contribution in [-0.2, 0) is 17.8 Å². The van der Waals surface area contributed by atoms with E-state index in [1.807, 2.05) is 17.0 Å². The maximum atomic E-state index is 11.8. The minimum Gasteiger partial charge on any atom is -0.391 e. The van der Waals surface area contributed by atoms with E-state index in [0.717, 1.165) is 54.7 Å². The predicted octanol–water partition coefficient (Wildman–Crippen LogP) is 2.16. The molecule has 1 amide bonds. The Morgan fingerprint density at radius 3 is 2.74 bits per heavy atom. The summed E-state index contributed by atoms with van der Waals surface area (Å²) in [6.07, 6.45) is 7.73. The lowest BCUT2D eigenvalue weighted by Crippen LogP contribution is -2.39. The first-order chi connectivity index (χ1) is 13.1. The Labute approximate surface area is 158 Å². The van der Waals surface area contributed by atoms with Gasteiger partial charge in [-0.15, -0.1) is 0 Å². The standard InChI is InChI=1S/C20H25N5O2/c1-13(26)25-11-8-15-17(12-25)23-19(14-6-9-21-10-7-14)24-20(15)22-16-4-2-3-5-18(16)27/h6-7,9-10,16,18,27H,2-5,8,11-12H2,1H3,(H,22,23,24)/t16-,18-/m0/s1. The van der Waals surface area contributed by atoms with Crippen LogP contribution in [0.15, 0.2) is 24.5 Å². The molecule has 2 aromatic heterocycles. The normalized spacial score (nSPS) is 22.2. The van der Waals surface area contributed by atoms with Crippen LogP contribution in [0.5, 0.6) is 0 Å². The molecule has 2 atom stereocenters. The lowest BCUT2D eigenvalue weighted by Gasteiger charge is -2.32. The van der Waals surface area contributed by atoms with Crippen LogP contribution in [0.1, 0.15) is 43.9 Å². The van der Waals surface area contributed by atoms with Gasteiger partial charge in [0.2, 0.25) is 5.91 Å². The first-order valence-electron chi connectivity index (χ1n) is 9.62. The molecule has 0 unspecified atom stereocenters. The highest BCUT2D eigenvalue weighted by Gasteiger charge is 2.28. The molecule has 1 aliphatic heterocycles. The number of hydrogen-bond acceptors (Lipinski definition) is 6. The lowest BCUT2D eigenvalue weighted by molar-refractivity contribution is -0.129. The lowest BCUT2D eigenvalue weighted by atomic mass is 9.92. The van der Waals surface area contributed by atoms with Gasteiger partial charge in [-0.2, -0.15) is 0 Å². The molecule has 1 aliphatic carbocycles. The molecule has 27 heavy (non-hydrogen) atoms. The monoisotopic (exact) mass is 367 g/mol. The van der Waals surface area contributed by atoms with Gasteiger partial charge in [0.15, 0.2) is 5.82 Å². The maximum Gasteiger partial charge on any atom is 0.219 e. The number of aliphatic hydroxyl groups is 1. The summed E-state index contributed by atoms with van der Waals surface area (Å²) in [7, 11) is 0. The van der Waals surface area contributed by atoms with E-state index >= 15 is 0 Å². The van der Waals surface area contributed by atoms with E-state index in [2.05, 4.69) is 10.3 Å². The molecule has 0 saturated heterocycles. The highest BCUT2D eigenvalue weighted by Crippen LogP contribution is 2.29. The van der Waals surface area contributed by atoms with Crippen molar-refractivity contribution in [2.45, 2.75) is 57.7 Å². The molecular weight excluding hydrogens is 342 g/mol. The van der Waals surface area contributed by atoms with Gasteiger partial charge in [-0.05, 0) is 31.4 Å². The van der Waals surface area contributed by atoms with E-state index in [0.29, 0.717) is 18.9 Å². The Morgan fingerprint density at radius 1 is 1.22 bits per heavy atom. The number of nitrogens with zero attached hydrogens (tertiary/aromatic N) is 4. The van der Waals surface area contributed by atoms with E-state index in [9.17, 15) is 9.90 Å². The van der Waals surface area contributed by atoms with Gasteiger partial charge in [0.25, 0.3) is 0 Å². The molecule has 142 valence electrons. The van der Waals surface area contributed by atoms with E-state index in [4.69, 9.17) is 9.97 Å². The number of carbonyl (C=O) groups is 1. The topological polar surface area (TPSA) is 91.2 Å². The molecule has 2 aliphatic rings. The number of aliphatic hydroxyl groups excluding tert-OH is 1. The molecule has 0 radical (unpaired) electrons. The Morgan fingerprint density at radius 2 is 2.00 bits per heavy atom. The van der Waals surface area contributed by atoms with Gasteiger partial charge >= 0.3 is 0 Å². The number of fused-ring (bicyclic) bond motifs is 1. The first kappa shape index (κ1) is 17.9. The Bertz CT molecular complexity index is 827. The summed E-state index contributed by atoms with van der Waals surface area (Å²) in [4.78, 5) is 27.3. The van der Waals surface area contributed by atoms with E-state index in [1.54, 1.807) is 19.3 Å². The third kappa shape index (κ3) is 3.78. The van der Waals surface area contributed by atoms with Crippen LogP contribution in [0.25, 0.3) is 11.4 Å². The minimum absolute atomic E-state index is 0.00822. The fourth-order valence-electron chi connectivity index (χ4n) is 3.90. The molecule has 2 N–H and O–H groups in total. The zero-order chi connectivity index (χ0) is 18.8. The molecule has 0 spiro atoms. The molecule has 2 aromatic rings. The quantitative estimate of drug-likeness (QED) is 0.864. The summed E-state index contributed by atoms with van der Waals surface area (Å²) in [6.45, 7) is 2.75. The number of carbonyl (C=O) groups excluding carboxylic acids is 1. The summed E-state index contributed by atoms with van der Waals surface area (Å²) in [6, 6.07) is 3.77. The van der Waals surface area contributed by atoms with Crippen molar-refractivity contribution in [2.75, 3.05) is 11.9 Å². The van der Waals surface area contributed by atoms with Crippen molar-refractivity contribution in [3.05, 3.63) is 35.8 Å². The second-order valence-electron chi connectivity index (χ2n) is 7.35. The molecule has 0 bridgehead atoms. The maximum absolute atomic E-state index is 11.8. The van der Waals surface area contributed by atoms with Crippen LogP contribution in [0.4, 0.5) is 5.82 Å². The smallest absolute Gasteiger partial charge is 0.219 e. The summed E-state index contributed by atoms with van der Waals surface area (Å²) in [5.74, 6) is 1.47. The van der Waals surface area contributed by atoms with Crippen molar-refractivity contribution in [3.8, 4) is 11.4 Å². The molecule has 4 rings (SSSR count). The highest BCUT2D eigenvalue weighted by atomic mass is 16.3. The van der Waals surface area contributed by atoms with Gasteiger partial charge < -0.3 is 15.3 Å². The Hall–Kier alpha value is -2.54. The average Bonchev–Trinajstić information content (AvgIpc) is 2.69. The molecule has 1 saturated carbocycles. The summed E-state index contributed by atoms with van der Waals surface area (Å²) in [5.41, 5.74) is 2.83. The predicted molar refractivity (Wildman–Crippen MR) is 102 cm³/mol. The number of rotatable bonds is 3. The third-order valence-corrected chi connectivity index (χ3v) is 5.50. The summed E-state index contributed by atoms with van der Waals surface area (Å²) < 4.78 is 0.